The van der Waals surface area contributed by atoms with Gasteiger partial charge in [-0.25, -0.2) is 13.6 Å². The maximum Gasteiger partial charge on any atom is 0.239 e. The van der Waals surface area contributed by atoms with E-state index in [0.717, 1.165) is 5.69 Å². The molecule has 1 aromatic carbocycles. The first-order valence-corrected chi connectivity index (χ1v) is 7.53. The minimum Gasteiger partial charge on any atom is -0.370 e. The molecular weight excluding hydrogens is 336 g/mol. The summed E-state index contributed by atoms with van der Waals surface area (Å²) in [5, 5.41) is 14.1. The van der Waals surface area contributed by atoms with Gasteiger partial charge < -0.3 is 21.7 Å². The van der Waals surface area contributed by atoms with Gasteiger partial charge in [-0.05, 0) is 28.1 Å². The number of sulfonamides is 1. The van der Waals surface area contributed by atoms with Crippen LogP contribution in [0.4, 0.5) is 11.4 Å². The lowest BCUT2D eigenvalue weighted by atomic mass is 10.3. The summed E-state index contributed by atoms with van der Waals surface area (Å²) >= 11 is 3.17. The van der Waals surface area contributed by atoms with Crippen LogP contribution >= 0.6 is 15.9 Å². The third-order valence-corrected chi connectivity index (χ3v) is 4.38. The van der Waals surface area contributed by atoms with Gasteiger partial charge >= 0.3 is 0 Å². The highest BCUT2D eigenvalue weighted by Gasteiger charge is 2.24. The highest BCUT2D eigenvalue weighted by atomic mass is 79.9. The number of nitrogens with zero attached hydrogens (tertiary/aromatic N) is 1. The van der Waals surface area contributed by atoms with E-state index in [0.29, 0.717) is 10.2 Å². The molecule has 0 saturated carbocycles. The van der Waals surface area contributed by atoms with Crippen LogP contribution in [0.3, 0.4) is 0 Å². The molecule has 0 aliphatic carbocycles. The fourth-order valence-corrected chi connectivity index (χ4v) is 3.28. The Morgan fingerprint density at radius 2 is 2.00 bits per heavy atom. The number of fused-ring (bicyclic) bond motifs is 1. The third-order valence-electron chi connectivity index (χ3n) is 2.51. The first-order valence-electron chi connectivity index (χ1n) is 5.19. The van der Waals surface area contributed by atoms with Crippen LogP contribution < -0.4 is 26.8 Å². The molecule has 8 nitrogen and oxygen atoms in total. The summed E-state index contributed by atoms with van der Waals surface area (Å²) in [5.74, 6) is 0.253. The Morgan fingerprint density at radius 1 is 1.42 bits per heavy atom. The molecule has 10 heteroatoms. The molecule has 1 heterocycles. The molecule has 0 bridgehead atoms. The maximum absolute atomic E-state index is 11.4. The molecule has 7 N–H and O–H groups in total. The lowest BCUT2D eigenvalue weighted by molar-refractivity contribution is 0.597. The Kier molecular flexibility index (Phi) is 3.56. The molecule has 1 aliphatic rings. The van der Waals surface area contributed by atoms with E-state index in [4.69, 9.17) is 10.9 Å². The number of nitrogens with one attached hydrogen (secondary N) is 3. The van der Waals surface area contributed by atoms with Crippen LogP contribution in [0.25, 0.3) is 0 Å². The lowest BCUT2D eigenvalue weighted by Gasteiger charge is -2.14. The SMILES string of the molecule is CN=C(N)NC1Nc2cc(Br)c(S(N)(=O)=O)cc2N1. The number of rotatable bonds is 2. The second-order valence-corrected chi connectivity index (χ2v) is 6.23. The summed E-state index contributed by atoms with van der Waals surface area (Å²) in [4.78, 5) is 3.78. The predicted molar refractivity (Wildman–Crippen MR) is 77.2 cm³/mol. The van der Waals surface area contributed by atoms with Crippen LogP contribution in [0.1, 0.15) is 0 Å². The van der Waals surface area contributed by atoms with Crippen LogP contribution in [0.2, 0.25) is 0 Å². The standard InChI is InChI=1S/C9H13BrN6O2S/c1-13-8(11)16-9-14-5-2-4(10)7(19(12,17)18)3-6(5)15-9/h2-3,9,14-15H,1H3,(H3,11,13,16)(H2,12,17,18). The van der Waals surface area contributed by atoms with Crippen molar-refractivity contribution in [1.29, 1.82) is 0 Å². The van der Waals surface area contributed by atoms with Gasteiger partial charge in [0.05, 0.1) is 16.3 Å². The normalized spacial score (nSPS) is 18.5. The molecular formula is C9H13BrN6O2S. The van der Waals surface area contributed by atoms with Crippen molar-refractivity contribution in [2.24, 2.45) is 15.9 Å². The number of primary sulfonamides is 1. The monoisotopic (exact) mass is 348 g/mol. The Balaban J connectivity index is 2.30. The summed E-state index contributed by atoms with van der Waals surface area (Å²) in [6.45, 7) is 0. The number of guanidine groups is 1. The summed E-state index contributed by atoms with van der Waals surface area (Å²) in [6.07, 6.45) is -0.374. The number of hydrogen-bond donors (Lipinski definition) is 5. The molecule has 0 radical (unpaired) electrons. The van der Waals surface area contributed by atoms with Gasteiger partial charge in [-0.1, -0.05) is 0 Å². The van der Waals surface area contributed by atoms with Gasteiger partial charge in [0.25, 0.3) is 0 Å². The van der Waals surface area contributed by atoms with E-state index in [1.807, 2.05) is 0 Å². The van der Waals surface area contributed by atoms with Gasteiger partial charge in [-0.2, -0.15) is 0 Å². The van der Waals surface area contributed by atoms with Crippen LogP contribution in [0.15, 0.2) is 26.5 Å². The summed E-state index contributed by atoms with van der Waals surface area (Å²) in [5.41, 5.74) is 6.88. The van der Waals surface area contributed by atoms with Crippen LogP contribution in [-0.4, -0.2) is 27.7 Å². The average molecular weight is 349 g/mol. The minimum absolute atomic E-state index is 0.0123. The van der Waals surface area contributed by atoms with Crippen molar-refractivity contribution in [2.45, 2.75) is 11.2 Å². The number of halogens is 1. The van der Waals surface area contributed by atoms with E-state index >= 15 is 0 Å². The van der Waals surface area contributed by atoms with Crippen molar-refractivity contribution in [3.05, 3.63) is 16.6 Å². The molecule has 1 aliphatic heterocycles. The zero-order valence-corrected chi connectivity index (χ0v) is 12.3. The Labute approximate surface area is 118 Å². The summed E-state index contributed by atoms with van der Waals surface area (Å²) < 4.78 is 23.2. The lowest BCUT2D eigenvalue weighted by Crippen LogP contribution is -2.46. The average Bonchev–Trinajstić information content (AvgIpc) is 2.67. The highest BCUT2D eigenvalue weighted by molar-refractivity contribution is 9.10. The van der Waals surface area contributed by atoms with E-state index in [-0.39, 0.29) is 17.1 Å². The van der Waals surface area contributed by atoms with Crippen molar-refractivity contribution in [2.75, 3.05) is 17.7 Å². The molecule has 104 valence electrons. The van der Waals surface area contributed by atoms with E-state index in [9.17, 15) is 8.42 Å². The van der Waals surface area contributed by atoms with Gasteiger partial charge in [0, 0.05) is 11.5 Å². The number of anilines is 2. The molecule has 0 saturated heterocycles. The molecule has 0 fully saturated rings. The van der Waals surface area contributed by atoms with E-state index in [1.165, 1.54) is 6.07 Å². The number of benzene rings is 1. The predicted octanol–water partition coefficient (Wildman–Crippen LogP) is -0.248. The fraction of sp³-hybridized carbons (Fsp3) is 0.222. The second-order valence-electron chi connectivity index (χ2n) is 3.85. The van der Waals surface area contributed by atoms with E-state index in [1.54, 1.807) is 13.1 Å². The first kappa shape index (κ1) is 13.9. The van der Waals surface area contributed by atoms with Crippen molar-refractivity contribution in [3.8, 4) is 0 Å². The number of nitrogens with two attached hydrogens (primary N) is 2. The first-order chi connectivity index (χ1) is 8.81. The summed E-state index contributed by atoms with van der Waals surface area (Å²) in [6, 6.07) is 3.08. The zero-order valence-electron chi connectivity index (χ0n) is 9.94. The summed E-state index contributed by atoms with van der Waals surface area (Å²) in [7, 11) is -2.23. The Bertz CT molecular complexity index is 644. The number of hydrogen-bond acceptors (Lipinski definition) is 5. The van der Waals surface area contributed by atoms with Gasteiger partial charge in [-0.3, -0.25) is 4.99 Å². The van der Waals surface area contributed by atoms with Crippen molar-refractivity contribution < 1.29 is 8.42 Å². The molecule has 0 aromatic heterocycles. The number of aliphatic imine (C=N–C) groups is 1. The van der Waals surface area contributed by atoms with E-state index in [2.05, 4.69) is 36.9 Å². The zero-order chi connectivity index (χ0) is 14.2. The molecule has 19 heavy (non-hydrogen) atoms. The smallest absolute Gasteiger partial charge is 0.239 e. The Morgan fingerprint density at radius 3 is 2.53 bits per heavy atom. The third kappa shape index (κ3) is 2.91. The minimum atomic E-state index is -3.78. The Hall–Kier alpha value is -1.52. The molecule has 0 spiro atoms. The molecule has 1 aromatic rings. The second kappa shape index (κ2) is 4.87. The van der Waals surface area contributed by atoms with Gasteiger partial charge in [0.15, 0.2) is 12.2 Å². The fourth-order valence-electron chi connectivity index (χ4n) is 1.64. The van der Waals surface area contributed by atoms with Gasteiger partial charge in [0.1, 0.15) is 0 Å². The van der Waals surface area contributed by atoms with E-state index < -0.39 is 10.0 Å². The van der Waals surface area contributed by atoms with Crippen LogP contribution in [0.5, 0.6) is 0 Å². The molecule has 0 amide bonds. The van der Waals surface area contributed by atoms with Crippen LogP contribution in [-0.2, 0) is 10.0 Å². The molecule has 1 atom stereocenters. The van der Waals surface area contributed by atoms with Gasteiger partial charge in [-0.15, -0.1) is 0 Å². The largest absolute Gasteiger partial charge is 0.370 e. The highest BCUT2D eigenvalue weighted by Crippen LogP contribution is 2.35. The van der Waals surface area contributed by atoms with Crippen molar-refractivity contribution in [3.63, 3.8) is 0 Å². The topological polar surface area (TPSA) is 135 Å². The molecule has 2 rings (SSSR count). The van der Waals surface area contributed by atoms with Gasteiger partial charge in [0.2, 0.25) is 10.0 Å². The van der Waals surface area contributed by atoms with Crippen molar-refractivity contribution >= 4 is 43.3 Å². The quantitative estimate of drug-likeness (QED) is 0.369. The van der Waals surface area contributed by atoms with Crippen molar-refractivity contribution in [1.82, 2.24) is 5.32 Å². The molecule has 1 unspecified atom stereocenters. The van der Waals surface area contributed by atoms with Crippen LogP contribution in [0, 0.1) is 0 Å². The maximum atomic E-state index is 11.4.